The monoisotopic (exact) mass is 289 g/mol. The third-order valence-electron chi connectivity index (χ3n) is 3.31. The minimum Gasteiger partial charge on any atom is -0.330 e. The van der Waals surface area contributed by atoms with Gasteiger partial charge in [-0.2, -0.15) is 0 Å². The first-order valence-corrected chi connectivity index (χ1v) is 7.89. The number of nitrogens with two attached hydrogens (primary N) is 1. The maximum absolute atomic E-state index is 12.9. The van der Waals surface area contributed by atoms with Gasteiger partial charge in [-0.05, 0) is 60.9 Å². The Bertz CT molecular complexity index is 498. The van der Waals surface area contributed by atoms with Gasteiger partial charge in [0.1, 0.15) is 5.82 Å². The number of thioether (sulfide) groups is 1. The summed E-state index contributed by atoms with van der Waals surface area (Å²) in [6.07, 6.45) is 2.00. The van der Waals surface area contributed by atoms with Gasteiger partial charge in [0.25, 0.3) is 0 Å². The summed E-state index contributed by atoms with van der Waals surface area (Å²) < 4.78 is 12.9. The highest BCUT2D eigenvalue weighted by molar-refractivity contribution is 7.99. The molecule has 0 spiro atoms. The number of hydrogen-bond donors (Lipinski definition) is 1. The lowest BCUT2D eigenvalue weighted by Crippen LogP contribution is -2.17. The molecule has 0 heterocycles. The summed E-state index contributed by atoms with van der Waals surface area (Å²) in [5, 5.41) is 0. The summed E-state index contributed by atoms with van der Waals surface area (Å²) in [4.78, 5) is 1.30. The zero-order chi connectivity index (χ0) is 14.2. The van der Waals surface area contributed by atoms with Crippen LogP contribution in [0.25, 0.3) is 0 Å². The molecule has 0 aromatic heterocycles. The second-order valence-corrected chi connectivity index (χ2v) is 6.05. The van der Waals surface area contributed by atoms with Gasteiger partial charge in [0.2, 0.25) is 0 Å². The molecule has 1 atom stereocenters. The summed E-state index contributed by atoms with van der Waals surface area (Å²) in [5.41, 5.74) is 7.01. The maximum Gasteiger partial charge on any atom is 0.123 e. The van der Waals surface area contributed by atoms with Crippen molar-refractivity contribution < 1.29 is 4.39 Å². The van der Waals surface area contributed by atoms with Gasteiger partial charge < -0.3 is 5.73 Å². The van der Waals surface area contributed by atoms with Crippen molar-refractivity contribution in [2.24, 2.45) is 11.7 Å². The average molecular weight is 289 g/mol. The molecule has 2 aromatic rings. The van der Waals surface area contributed by atoms with Crippen LogP contribution >= 0.6 is 11.8 Å². The van der Waals surface area contributed by atoms with Gasteiger partial charge in [-0.15, -0.1) is 11.8 Å². The molecule has 0 radical (unpaired) electrons. The van der Waals surface area contributed by atoms with E-state index in [1.54, 1.807) is 0 Å². The highest BCUT2D eigenvalue weighted by Crippen LogP contribution is 2.21. The first-order valence-electron chi connectivity index (χ1n) is 6.90. The molecule has 3 heteroatoms. The molecule has 1 nitrogen and oxygen atoms in total. The molecule has 2 N–H and O–H groups in total. The Hall–Kier alpha value is -1.32. The molecule has 0 aliphatic carbocycles. The fourth-order valence-electron chi connectivity index (χ4n) is 2.12. The van der Waals surface area contributed by atoms with Gasteiger partial charge >= 0.3 is 0 Å². The van der Waals surface area contributed by atoms with E-state index in [2.05, 4.69) is 24.3 Å². The third-order valence-corrected chi connectivity index (χ3v) is 4.35. The van der Waals surface area contributed by atoms with Crippen molar-refractivity contribution in [3.05, 3.63) is 66.0 Å². The zero-order valence-corrected chi connectivity index (χ0v) is 12.3. The van der Waals surface area contributed by atoms with E-state index < -0.39 is 0 Å². The fraction of sp³-hybridized carbons (Fsp3) is 0.294. The van der Waals surface area contributed by atoms with E-state index in [4.69, 9.17) is 5.73 Å². The van der Waals surface area contributed by atoms with Gasteiger partial charge in [-0.1, -0.05) is 30.3 Å². The molecule has 0 fully saturated rings. The molecular formula is C17H20FNS. The van der Waals surface area contributed by atoms with Gasteiger partial charge in [0.05, 0.1) is 0 Å². The Morgan fingerprint density at radius 2 is 1.70 bits per heavy atom. The Kier molecular flexibility index (Phi) is 6.09. The molecule has 1 unspecified atom stereocenters. The number of hydrogen-bond acceptors (Lipinski definition) is 2. The number of halogens is 1. The zero-order valence-electron chi connectivity index (χ0n) is 11.5. The van der Waals surface area contributed by atoms with Gasteiger partial charge in [-0.25, -0.2) is 4.39 Å². The Balaban J connectivity index is 1.79. The minimum absolute atomic E-state index is 0.183. The lowest BCUT2D eigenvalue weighted by atomic mass is 9.97. The quantitative estimate of drug-likeness (QED) is 0.776. The highest BCUT2D eigenvalue weighted by atomic mass is 32.2. The van der Waals surface area contributed by atoms with Crippen LogP contribution in [0.1, 0.15) is 12.0 Å². The van der Waals surface area contributed by atoms with Crippen LogP contribution in [0.15, 0.2) is 59.5 Å². The standard InChI is InChI=1S/C17H20FNS/c18-16-8-6-14(7-9-16)12-15(13-19)10-11-20-17-4-2-1-3-5-17/h1-9,15H,10-13,19H2. The maximum atomic E-state index is 12.9. The average Bonchev–Trinajstić information content (AvgIpc) is 2.49. The van der Waals surface area contributed by atoms with Crippen molar-refractivity contribution in [1.82, 2.24) is 0 Å². The summed E-state index contributed by atoms with van der Waals surface area (Å²) >= 11 is 1.86. The Morgan fingerprint density at radius 1 is 1.00 bits per heavy atom. The van der Waals surface area contributed by atoms with Crippen LogP contribution in [0.5, 0.6) is 0 Å². The molecule has 0 aliphatic rings. The summed E-state index contributed by atoms with van der Waals surface area (Å²) in [6.45, 7) is 0.673. The highest BCUT2D eigenvalue weighted by Gasteiger charge is 2.08. The molecule has 20 heavy (non-hydrogen) atoms. The van der Waals surface area contributed by atoms with Crippen molar-refractivity contribution in [3.63, 3.8) is 0 Å². The predicted molar refractivity (Wildman–Crippen MR) is 84.4 cm³/mol. The van der Waals surface area contributed by atoms with E-state index >= 15 is 0 Å². The van der Waals surface area contributed by atoms with E-state index in [1.807, 2.05) is 30.0 Å². The normalized spacial score (nSPS) is 12.3. The van der Waals surface area contributed by atoms with E-state index in [0.29, 0.717) is 12.5 Å². The van der Waals surface area contributed by atoms with E-state index in [0.717, 1.165) is 24.2 Å². The second-order valence-electron chi connectivity index (χ2n) is 4.88. The van der Waals surface area contributed by atoms with E-state index in [1.165, 1.54) is 17.0 Å². The van der Waals surface area contributed by atoms with Gasteiger partial charge in [0, 0.05) is 4.90 Å². The summed E-state index contributed by atoms with van der Waals surface area (Å²) in [6, 6.07) is 17.1. The SMILES string of the molecule is NCC(CCSc1ccccc1)Cc1ccc(F)cc1. The van der Waals surface area contributed by atoms with Crippen LogP contribution in [0.3, 0.4) is 0 Å². The third kappa shape index (κ3) is 4.99. The first kappa shape index (κ1) is 15.1. The molecule has 0 bridgehead atoms. The lowest BCUT2D eigenvalue weighted by Gasteiger charge is -2.14. The second kappa shape index (κ2) is 8.08. The molecule has 2 rings (SSSR count). The Morgan fingerprint density at radius 3 is 2.35 bits per heavy atom. The molecule has 2 aromatic carbocycles. The predicted octanol–water partition coefficient (Wildman–Crippen LogP) is 4.13. The minimum atomic E-state index is -0.183. The molecule has 0 saturated carbocycles. The van der Waals surface area contributed by atoms with Crippen molar-refractivity contribution in [3.8, 4) is 0 Å². The first-order chi connectivity index (χ1) is 9.78. The number of rotatable bonds is 7. The van der Waals surface area contributed by atoms with Crippen LogP contribution < -0.4 is 5.73 Å². The van der Waals surface area contributed by atoms with Gasteiger partial charge in [0.15, 0.2) is 0 Å². The van der Waals surface area contributed by atoms with Crippen molar-refractivity contribution in [2.75, 3.05) is 12.3 Å². The van der Waals surface area contributed by atoms with Crippen molar-refractivity contribution in [2.45, 2.75) is 17.7 Å². The molecule has 106 valence electrons. The van der Waals surface area contributed by atoms with Crippen LogP contribution in [0.2, 0.25) is 0 Å². The fourth-order valence-corrected chi connectivity index (χ4v) is 3.15. The summed E-state index contributed by atoms with van der Waals surface area (Å²) in [7, 11) is 0. The van der Waals surface area contributed by atoms with Crippen LogP contribution in [0.4, 0.5) is 4.39 Å². The van der Waals surface area contributed by atoms with Crippen LogP contribution in [-0.4, -0.2) is 12.3 Å². The van der Waals surface area contributed by atoms with Crippen LogP contribution in [0, 0.1) is 11.7 Å². The molecule has 0 saturated heterocycles. The molecule has 0 amide bonds. The molecular weight excluding hydrogens is 269 g/mol. The smallest absolute Gasteiger partial charge is 0.123 e. The lowest BCUT2D eigenvalue weighted by molar-refractivity contribution is 0.522. The largest absolute Gasteiger partial charge is 0.330 e. The van der Waals surface area contributed by atoms with E-state index in [-0.39, 0.29) is 5.82 Å². The van der Waals surface area contributed by atoms with Crippen molar-refractivity contribution in [1.29, 1.82) is 0 Å². The van der Waals surface area contributed by atoms with Gasteiger partial charge in [-0.3, -0.25) is 0 Å². The van der Waals surface area contributed by atoms with E-state index in [9.17, 15) is 4.39 Å². The topological polar surface area (TPSA) is 26.0 Å². The van der Waals surface area contributed by atoms with Crippen LogP contribution in [-0.2, 0) is 6.42 Å². The van der Waals surface area contributed by atoms with Crippen molar-refractivity contribution >= 4 is 11.8 Å². The summed E-state index contributed by atoms with van der Waals surface area (Å²) in [5.74, 6) is 1.34. The molecule has 0 aliphatic heterocycles. The Labute approximate surface area is 124 Å². The number of benzene rings is 2.